The van der Waals surface area contributed by atoms with Crippen molar-refractivity contribution in [2.45, 2.75) is 19.6 Å². The van der Waals surface area contributed by atoms with Gasteiger partial charge in [0.05, 0.1) is 13.2 Å². The van der Waals surface area contributed by atoms with Gasteiger partial charge in [-0.25, -0.2) is 4.18 Å². The van der Waals surface area contributed by atoms with Gasteiger partial charge in [-0.05, 0) is 20.5 Å². The van der Waals surface area contributed by atoms with E-state index >= 15 is 0 Å². The SMILES string of the molecule is CCC(O)OCCN(C)CCN(C)CCOS(=O)(=O)O. The summed E-state index contributed by atoms with van der Waals surface area (Å²) in [5.74, 6) is 0. The molecule has 0 bridgehead atoms. The van der Waals surface area contributed by atoms with Gasteiger partial charge in [0, 0.05) is 26.2 Å². The summed E-state index contributed by atoms with van der Waals surface area (Å²) in [5, 5.41) is 9.22. The number of likely N-dealkylation sites (N-methyl/N-ethyl adjacent to an activating group) is 2. The van der Waals surface area contributed by atoms with Crippen LogP contribution in [0.2, 0.25) is 0 Å². The maximum atomic E-state index is 10.3. The van der Waals surface area contributed by atoms with E-state index < -0.39 is 16.7 Å². The molecule has 0 saturated heterocycles. The number of rotatable bonds is 12. The predicted molar refractivity (Wildman–Crippen MR) is 74.7 cm³/mol. The smallest absolute Gasteiger partial charge is 0.368 e. The molecular formula is C11H26N2O6S. The first-order valence-corrected chi connectivity index (χ1v) is 7.89. The highest BCUT2D eigenvalue weighted by Gasteiger charge is 2.07. The van der Waals surface area contributed by atoms with Crippen LogP contribution in [0.25, 0.3) is 0 Å². The number of hydrogen-bond donors (Lipinski definition) is 2. The molecule has 122 valence electrons. The van der Waals surface area contributed by atoms with Crippen LogP contribution in [0.4, 0.5) is 0 Å². The number of aliphatic hydroxyl groups excluding tert-OH is 1. The molecule has 0 radical (unpaired) electrons. The second-order valence-corrected chi connectivity index (χ2v) is 5.68. The minimum absolute atomic E-state index is 0.0785. The van der Waals surface area contributed by atoms with Crippen LogP contribution in [0, 0.1) is 0 Å². The molecule has 0 fully saturated rings. The molecule has 0 saturated carbocycles. The number of hydrogen-bond acceptors (Lipinski definition) is 7. The van der Waals surface area contributed by atoms with Crippen LogP contribution in [0.3, 0.4) is 0 Å². The third-order valence-electron chi connectivity index (χ3n) is 2.70. The van der Waals surface area contributed by atoms with E-state index in [1.807, 2.05) is 30.8 Å². The van der Waals surface area contributed by atoms with Gasteiger partial charge in [-0.2, -0.15) is 8.42 Å². The zero-order valence-electron chi connectivity index (χ0n) is 12.4. The summed E-state index contributed by atoms with van der Waals surface area (Å²) in [4.78, 5) is 3.94. The second kappa shape index (κ2) is 10.4. The molecule has 0 amide bonds. The summed E-state index contributed by atoms with van der Waals surface area (Å²) in [6, 6.07) is 0. The molecule has 2 N–H and O–H groups in total. The lowest BCUT2D eigenvalue weighted by atomic mass is 10.4. The van der Waals surface area contributed by atoms with Crippen LogP contribution < -0.4 is 0 Å². The molecule has 0 aromatic rings. The third kappa shape index (κ3) is 12.7. The number of aliphatic hydroxyl groups is 1. The highest BCUT2D eigenvalue weighted by atomic mass is 32.3. The maximum Gasteiger partial charge on any atom is 0.397 e. The van der Waals surface area contributed by atoms with E-state index in [1.54, 1.807) is 0 Å². The standard InChI is InChI=1S/C11H26N2O6S/c1-4-11(14)18-9-7-12(2)5-6-13(3)8-10-19-20(15,16)17/h11,14H,4-10H2,1-3H3,(H,15,16,17). The lowest BCUT2D eigenvalue weighted by molar-refractivity contribution is -0.103. The Bertz CT molecular complexity index is 338. The van der Waals surface area contributed by atoms with Gasteiger partial charge >= 0.3 is 10.4 Å². The van der Waals surface area contributed by atoms with Gasteiger partial charge in [0.15, 0.2) is 6.29 Å². The van der Waals surface area contributed by atoms with Crippen molar-refractivity contribution in [1.82, 2.24) is 9.80 Å². The fourth-order valence-electron chi connectivity index (χ4n) is 1.33. The van der Waals surface area contributed by atoms with Crippen molar-refractivity contribution in [3.8, 4) is 0 Å². The molecule has 0 aliphatic carbocycles. The average Bonchev–Trinajstić information content (AvgIpc) is 2.34. The summed E-state index contributed by atoms with van der Waals surface area (Å²) in [5.41, 5.74) is 0. The number of ether oxygens (including phenoxy) is 1. The first-order chi connectivity index (χ1) is 9.24. The van der Waals surface area contributed by atoms with Crippen molar-refractivity contribution >= 4 is 10.4 Å². The largest absolute Gasteiger partial charge is 0.397 e. The minimum Gasteiger partial charge on any atom is -0.368 e. The summed E-state index contributed by atoms with van der Waals surface area (Å²) in [7, 11) is -0.585. The summed E-state index contributed by atoms with van der Waals surface area (Å²) < 4.78 is 38.5. The van der Waals surface area contributed by atoms with Gasteiger partial charge in [0.1, 0.15) is 0 Å². The second-order valence-electron chi connectivity index (χ2n) is 4.59. The number of nitrogens with zero attached hydrogens (tertiary/aromatic N) is 2. The molecule has 8 nitrogen and oxygen atoms in total. The van der Waals surface area contributed by atoms with Crippen LogP contribution in [0.1, 0.15) is 13.3 Å². The Hall–Kier alpha value is -0.290. The van der Waals surface area contributed by atoms with E-state index in [1.165, 1.54) is 0 Å². The van der Waals surface area contributed by atoms with Gasteiger partial charge in [0.2, 0.25) is 0 Å². The van der Waals surface area contributed by atoms with E-state index in [0.717, 1.165) is 13.1 Å². The Morgan fingerprint density at radius 2 is 1.55 bits per heavy atom. The van der Waals surface area contributed by atoms with Gasteiger partial charge in [-0.3, -0.25) is 4.55 Å². The molecule has 0 aromatic heterocycles. The van der Waals surface area contributed by atoms with Gasteiger partial charge in [-0.1, -0.05) is 6.92 Å². The average molecular weight is 314 g/mol. The van der Waals surface area contributed by atoms with E-state index in [2.05, 4.69) is 4.18 Å². The Labute approximate surface area is 121 Å². The summed E-state index contributed by atoms with van der Waals surface area (Å²) in [6.07, 6.45) is -0.135. The molecule has 0 spiro atoms. The molecule has 20 heavy (non-hydrogen) atoms. The third-order valence-corrected chi connectivity index (χ3v) is 3.17. The van der Waals surface area contributed by atoms with Gasteiger partial charge < -0.3 is 19.6 Å². The van der Waals surface area contributed by atoms with Crippen molar-refractivity contribution in [1.29, 1.82) is 0 Å². The predicted octanol–water partition coefficient (Wildman–Crippen LogP) is -0.586. The first kappa shape index (κ1) is 19.7. The van der Waals surface area contributed by atoms with Gasteiger partial charge in [0.25, 0.3) is 0 Å². The Morgan fingerprint density at radius 3 is 2.00 bits per heavy atom. The van der Waals surface area contributed by atoms with Gasteiger partial charge in [-0.15, -0.1) is 0 Å². The Morgan fingerprint density at radius 1 is 1.05 bits per heavy atom. The summed E-state index contributed by atoms with van der Waals surface area (Å²) in [6.45, 7) is 4.82. The molecular weight excluding hydrogens is 288 g/mol. The molecule has 0 heterocycles. The molecule has 1 unspecified atom stereocenters. The normalized spacial score (nSPS) is 14.2. The minimum atomic E-state index is -4.35. The van der Waals surface area contributed by atoms with Crippen molar-refractivity contribution in [3.63, 3.8) is 0 Å². The highest BCUT2D eigenvalue weighted by Crippen LogP contribution is 1.94. The van der Waals surface area contributed by atoms with Crippen LogP contribution >= 0.6 is 0 Å². The monoisotopic (exact) mass is 314 g/mol. The quantitative estimate of drug-likeness (QED) is 0.364. The van der Waals surface area contributed by atoms with E-state index in [0.29, 0.717) is 26.1 Å². The zero-order valence-corrected chi connectivity index (χ0v) is 13.2. The molecule has 1 atom stereocenters. The Balaban J connectivity index is 3.60. The van der Waals surface area contributed by atoms with E-state index in [9.17, 15) is 13.5 Å². The molecule has 0 rings (SSSR count). The van der Waals surface area contributed by atoms with E-state index in [4.69, 9.17) is 9.29 Å². The fraction of sp³-hybridized carbons (Fsp3) is 1.00. The van der Waals surface area contributed by atoms with Crippen LogP contribution in [-0.4, -0.2) is 87.7 Å². The Kier molecular flexibility index (Phi) is 10.3. The van der Waals surface area contributed by atoms with E-state index in [-0.39, 0.29) is 6.61 Å². The lowest BCUT2D eigenvalue weighted by Gasteiger charge is -2.22. The topological polar surface area (TPSA) is 99.5 Å². The van der Waals surface area contributed by atoms with Crippen molar-refractivity contribution in [2.24, 2.45) is 0 Å². The summed E-state index contributed by atoms with van der Waals surface area (Å²) >= 11 is 0. The van der Waals surface area contributed by atoms with Crippen molar-refractivity contribution < 1.29 is 27.0 Å². The van der Waals surface area contributed by atoms with Crippen LogP contribution in [-0.2, 0) is 19.3 Å². The van der Waals surface area contributed by atoms with Crippen molar-refractivity contribution in [2.75, 3.05) is 53.5 Å². The maximum absolute atomic E-state index is 10.3. The fourth-order valence-corrected chi connectivity index (χ4v) is 1.61. The lowest BCUT2D eigenvalue weighted by Crippen LogP contribution is -2.34. The molecule has 0 aliphatic rings. The first-order valence-electron chi connectivity index (χ1n) is 6.53. The molecule has 0 aliphatic heterocycles. The molecule has 0 aromatic carbocycles. The van der Waals surface area contributed by atoms with Crippen LogP contribution in [0.15, 0.2) is 0 Å². The molecule has 9 heteroatoms. The van der Waals surface area contributed by atoms with Crippen LogP contribution in [0.5, 0.6) is 0 Å². The highest BCUT2D eigenvalue weighted by molar-refractivity contribution is 7.80. The van der Waals surface area contributed by atoms with Crippen molar-refractivity contribution in [3.05, 3.63) is 0 Å². The zero-order chi connectivity index (χ0) is 15.6.